The average Bonchev–Trinajstić information content (AvgIpc) is 3.19. The van der Waals surface area contributed by atoms with E-state index in [-0.39, 0.29) is 18.5 Å². The van der Waals surface area contributed by atoms with Crippen LogP contribution in [0.25, 0.3) is 21.9 Å². The van der Waals surface area contributed by atoms with Gasteiger partial charge in [0.2, 0.25) is 5.91 Å². The monoisotopic (exact) mass is 546 g/mol. The van der Waals surface area contributed by atoms with Gasteiger partial charge in [0.1, 0.15) is 17.4 Å². The molecule has 2 aliphatic heterocycles. The van der Waals surface area contributed by atoms with E-state index in [1.807, 2.05) is 63.4 Å². The number of hydrogen-bond acceptors (Lipinski definition) is 7. The smallest absolute Gasteiger partial charge is 0.410 e. The van der Waals surface area contributed by atoms with Crippen LogP contribution in [-0.4, -0.2) is 50.5 Å². The number of nitriles is 1. The van der Waals surface area contributed by atoms with Crippen LogP contribution in [0.3, 0.4) is 0 Å². The SMILES string of the molecule is CC(C)(C)OC(=O)N1CCC2(CC1)C(=O)N(Cc1ncc3ccccc3c1-c1ccc(C#N)nc1)c1cnccc12. The number of piperidine rings is 1. The van der Waals surface area contributed by atoms with E-state index in [1.54, 1.807) is 34.5 Å². The third-order valence-electron chi connectivity index (χ3n) is 7.88. The molecule has 5 heterocycles. The van der Waals surface area contributed by atoms with Crippen molar-refractivity contribution in [3.8, 4) is 17.2 Å². The van der Waals surface area contributed by atoms with E-state index in [2.05, 4.69) is 16.0 Å². The third-order valence-corrected chi connectivity index (χ3v) is 7.88. The molecule has 2 aliphatic rings. The maximum atomic E-state index is 14.3. The minimum atomic E-state index is -0.746. The highest BCUT2D eigenvalue weighted by molar-refractivity contribution is 6.08. The summed E-state index contributed by atoms with van der Waals surface area (Å²) in [5, 5.41) is 11.2. The van der Waals surface area contributed by atoms with Crippen molar-refractivity contribution in [2.75, 3.05) is 18.0 Å². The van der Waals surface area contributed by atoms with E-state index >= 15 is 0 Å². The summed E-state index contributed by atoms with van der Waals surface area (Å²) < 4.78 is 5.58. The molecule has 9 nitrogen and oxygen atoms in total. The maximum absolute atomic E-state index is 14.3. The zero-order valence-corrected chi connectivity index (χ0v) is 23.3. The Morgan fingerprint density at radius 3 is 2.54 bits per heavy atom. The van der Waals surface area contributed by atoms with Gasteiger partial charge in [-0.3, -0.25) is 14.8 Å². The number of amides is 2. The summed E-state index contributed by atoms with van der Waals surface area (Å²) in [4.78, 5) is 44.0. The first-order valence-corrected chi connectivity index (χ1v) is 13.7. The van der Waals surface area contributed by atoms with Gasteiger partial charge < -0.3 is 14.5 Å². The minimum Gasteiger partial charge on any atom is -0.444 e. The predicted octanol–water partition coefficient (Wildman–Crippen LogP) is 5.38. The van der Waals surface area contributed by atoms with Crippen LogP contribution in [0.2, 0.25) is 0 Å². The molecule has 0 atom stereocenters. The largest absolute Gasteiger partial charge is 0.444 e. The minimum absolute atomic E-state index is 0.0109. The number of aromatic nitrogens is 3. The lowest BCUT2D eigenvalue weighted by atomic mass is 9.74. The normalized spacial score (nSPS) is 16.1. The molecule has 4 aromatic rings. The highest BCUT2D eigenvalue weighted by atomic mass is 16.6. The molecule has 1 spiro atoms. The first-order chi connectivity index (χ1) is 19.7. The second-order valence-electron chi connectivity index (χ2n) is 11.5. The molecular formula is C32H30N6O3. The van der Waals surface area contributed by atoms with E-state index in [0.717, 1.165) is 38.8 Å². The van der Waals surface area contributed by atoms with Crippen LogP contribution in [-0.2, 0) is 21.5 Å². The lowest BCUT2D eigenvalue weighted by Crippen LogP contribution is -2.50. The summed E-state index contributed by atoms with van der Waals surface area (Å²) in [6.45, 7) is 6.64. The molecule has 0 bridgehead atoms. The van der Waals surface area contributed by atoms with Crippen molar-refractivity contribution < 1.29 is 14.3 Å². The highest BCUT2D eigenvalue weighted by Gasteiger charge is 2.53. The van der Waals surface area contributed by atoms with Crippen molar-refractivity contribution in [1.29, 1.82) is 5.26 Å². The van der Waals surface area contributed by atoms with Crippen LogP contribution in [0.4, 0.5) is 10.5 Å². The number of pyridine rings is 3. The van der Waals surface area contributed by atoms with Crippen molar-refractivity contribution in [1.82, 2.24) is 19.9 Å². The fourth-order valence-corrected chi connectivity index (χ4v) is 5.93. The molecule has 3 aromatic heterocycles. The van der Waals surface area contributed by atoms with Gasteiger partial charge in [-0.15, -0.1) is 0 Å². The molecule has 2 amide bonds. The summed E-state index contributed by atoms with van der Waals surface area (Å²) in [6, 6.07) is 15.5. The standard InChI is InChI=1S/C32H30N6O3/c1-31(2,3)41-30(40)37-14-11-32(12-15-37)25-10-13-34-19-27(25)38(29(32)39)20-26-28(22-8-9-23(16-33)35-18-22)24-7-5-4-6-21(24)17-36-26/h4-10,13,17-19H,11-12,14-15,20H2,1-3H3. The van der Waals surface area contributed by atoms with E-state index < -0.39 is 11.0 Å². The Hall–Kier alpha value is -4.84. The summed E-state index contributed by atoms with van der Waals surface area (Å²) in [7, 11) is 0. The van der Waals surface area contributed by atoms with Crippen LogP contribution in [0.5, 0.6) is 0 Å². The van der Waals surface area contributed by atoms with Crippen LogP contribution >= 0.6 is 0 Å². The van der Waals surface area contributed by atoms with Gasteiger partial charge in [-0.1, -0.05) is 24.3 Å². The van der Waals surface area contributed by atoms with Crippen LogP contribution < -0.4 is 4.90 Å². The first kappa shape index (κ1) is 26.4. The highest BCUT2D eigenvalue weighted by Crippen LogP contribution is 2.48. The van der Waals surface area contributed by atoms with Crippen molar-refractivity contribution in [2.45, 2.75) is 51.2 Å². The molecule has 1 saturated heterocycles. The maximum Gasteiger partial charge on any atom is 0.410 e. The molecule has 9 heteroatoms. The van der Waals surface area contributed by atoms with Gasteiger partial charge in [0, 0.05) is 48.2 Å². The van der Waals surface area contributed by atoms with Gasteiger partial charge in [-0.25, -0.2) is 9.78 Å². The van der Waals surface area contributed by atoms with E-state index in [1.165, 1.54) is 0 Å². The van der Waals surface area contributed by atoms with Gasteiger partial charge in [0.05, 0.1) is 29.5 Å². The number of nitrogens with zero attached hydrogens (tertiary/aromatic N) is 6. The lowest BCUT2D eigenvalue weighted by Gasteiger charge is -2.38. The average molecular weight is 547 g/mol. The molecule has 1 aromatic carbocycles. The fourth-order valence-electron chi connectivity index (χ4n) is 5.93. The summed E-state index contributed by atoms with van der Waals surface area (Å²) in [5.41, 5.74) is 3.12. The Balaban J connectivity index is 1.36. The van der Waals surface area contributed by atoms with Crippen molar-refractivity contribution >= 4 is 28.5 Å². The Bertz CT molecular complexity index is 1700. The van der Waals surface area contributed by atoms with Gasteiger partial charge in [0.15, 0.2) is 0 Å². The van der Waals surface area contributed by atoms with E-state index in [9.17, 15) is 14.9 Å². The number of carbonyl (C=O) groups excluding carboxylic acids is 2. The molecule has 1 fully saturated rings. The van der Waals surface area contributed by atoms with Gasteiger partial charge in [0.25, 0.3) is 0 Å². The zero-order valence-electron chi connectivity index (χ0n) is 23.3. The fraction of sp³-hybridized carbons (Fsp3) is 0.312. The zero-order chi connectivity index (χ0) is 28.8. The number of carbonyl (C=O) groups is 2. The molecule has 0 saturated carbocycles. The van der Waals surface area contributed by atoms with Gasteiger partial charge >= 0.3 is 6.09 Å². The second-order valence-corrected chi connectivity index (χ2v) is 11.5. The Morgan fingerprint density at radius 2 is 1.83 bits per heavy atom. The predicted molar refractivity (Wildman–Crippen MR) is 154 cm³/mol. The molecule has 41 heavy (non-hydrogen) atoms. The number of hydrogen-bond donors (Lipinski definition) is 0. The number of likely N-dealkylation sites (tertiary alicyclic amines) is 1. The van der Waals surface area contributed by atoms with Gasteiger partial charge in [-0.2, -0.15) is 5.26 Å². The Labute approximate surface area is 238 Å². The Kier molecular flexibility index (Phi) is 6.41. The molecule has 206 valence electrons. The molecule has 0 radical (unpaired) electrons. The molecule has 0 N–H and O–H groups in total. The van der Waals surface area contributed by atoms with Crippen molar-refractivity contribution in [3.05, 3.63) is 84.2 Å². The van der Waals surface area contributed by atoms with Crippen molar-refractivity contribution in [3.63, 3.8) is 0 Å². The van der Waals surface area contributed by atoms with E-state index in [4.69, 9.17) is 9.72 Å². The van der Waals surface area contributed by atoms with Crippen molar-refractivity contribution in [2.24, 2.45) is 0 Å². The quantitative estimate of drug-likeness (QED) is 0.339. The number of fused-ring (bicyclic) bond motifs is 3. The summed E-state index contributed by atoms with van der Waals surface area (Å²) in [6.07, 6.45) is 7.61. The molecule has 6 rings (SSSR count). The number of anilines is 1. The summed E-state index contributed by atoms with van der Waals surface area (Å²) >= 11 is 0. The number of ether oxygens (including phenoxy) is 1. The third kappa shape index (κ3) is 4.65. The van der Waals surface area contributed by atoms with Crippen LogP contribution in [0, 0.1) is 11.3 Å². The number of rotatable bonds is 3. The topological polar surface area (TPSA) is 112 Å². The molecule has 0 aliphatic carbocycles. The number of benzene rings is 1. The molecular weight excluding hydrogens is 516 g/mol. The summed E-state index contributed by atoms with van der Waals surface area (Å²) in [5.74, 6) is -0.0109. The first-order valence-electron chi connectivity index (χ1n) is 13.7. The second kappa shape index (κ2) is 9.97. The Morgan fingerprint density at radius 1 is 1.05 bits per heavy atom. The lowest BCUT2D eigenvalue weighted by molar-refractivity contribution is -0.125. The van der Waals surface area contributed by atoms with E-state index in [0.29, 0.717) is 31.6 Å². The van der Waals surface area contributed by atoms with Gasteiger partial charge in [-0.05, 0) is 62.8 Å². The van der Waals surface area contributed by atoms with Crippen LogP contribution in [0.1, 0.15) is 50.6 Å². The molecule has 0 unspecified atom stereocenters. The van der Waals surface area contributed by atoms with Crippen LogP contribution in [0.15, 0.2) is 67.3 Å².